The molecule has 240 valence electrons. The molecule has 1 fully saturated rings. The molecule has 4 atom stereocenters. The average molecular weight is 636 g/mol. The molecule has 3 N–H and O–H groups in total. The molecule has 12 heteroatoms. The van der Waals surface area contributed by atoms with Crippen LogP contribution in [0.5, 0.6) is 0 Å². The molecule has 4 aromatic rings. The lowest BCUT2D eigenvalue weighted by Crippen LogP contribution is -2.55. The summed E-state index contributed by atoms with van der Waals surface area (Å²) < 4.78 is 1.39. The number of carbonyl (C=O) groups is 4. The van der Waals surface area contributed by atoms with Crippen molar-refractivity contribution in [1.29, 1.82) is 0 Å². The Morgan fingerprint density at radius 1 is 0.936 bits per heavy atom. The third-order valence-corrected chi connectivity index (χ3v) is 9.28. The number of anilines is 1. The van der Waals surface area contributed by atoms with Crippen LogP contribution in [0.2, 0.25) is 0 Å². The van der Waals surface area contributed by atoms with E-state index in [9.17, 15) is 34.2 Å². The van der Waals surface area contributed by atoms with Crippen molar-refractivity contribution in [1.82, 2.24) is 19.8 Å². The summed E-state index contributed by atoms with van der Waals surface area (Å²) in [7, 11) is 0. The topological polar surface area (TPSA) is 162 Å². The Balaban J connectivity index is 1.42. The van der Waals surface area contributed by atoms with E-state index in [1.807, 2.05) is 13.8 Å². The van der Waals surface area contributed by atoms with Crippen LogP contribution >= 0.6 is 0 Å². The lowest BCUT2D eigenvalue weighted by atomic mass is 9.85. The molecule has 1 saturated heterocycles. The largest absolute Gasteiger partial charge is 0.481 e. The monoisotopic (exact) mass is 635 g/mol. The predicted molar refractivity (Wildman–Crippen MR) is 171 cm³/mol. The molecule has 3 aliphatic heterocycles. The molecule has 12 nitrogen and oxygen atoms in total. The number of aromatic nitrogens is 2. The van der Waals surface area contributed by atoms with E-state index in [4.69, 9.17) is 4.98 Å². The van der Waals surface area contributed by atoms with Crippen LogP contribution in [-0.2, 0) is 20.0 Å². The minimum atomic E-state index is -1.96. The molecule has 3 aromatic carbocycles. The number of para-hydroxylation sites is 3. The van der Waals surface area contributed by atoms with Crippen LogP contribution in [0.25, 0.3) is 16.6 Å². The highest BCUT2D eigenvalue weighted by atomic mass is 16.4. The SMILES string of the molecule is CC(C)C[C@H]1C(=O)N2c3ccccc3[C@@](O)(C[C@@H]3NC(=O)c4ccccc4-n4c3nc3ccccc3c4=O)[C@H]2N1C(=O)CCC(=O)O. The highest BCUT2D eigenvalue weighted by Crippen LogP contribution is 2.53. The van der Waals surface area contributed by atoms with Crippen molar-refractivity contribution in [2.24, 2.45) is 5.92 Å². The van der Waals surface area contributed by atoms with Gasteiger partial charge in [0.05, 0.1) is 40.3 Å². The van der Waals surface area contributed by atoms with Crippen LogP contribution < -0.4 is 15.8 Å². The number of amides is 3. The van der Waals surface area contributed by atoms with E-state index < -0.39 is 53.6 Å². The van der Waals surface area contributed by atoms with Crippen LogP contribution in [0, 0.1) is 5.92 Å². The molecule has 0 aliphatic carbocycles. The predicted octanol–water partition coefficient (Wildman–Crippen LogP) is 3.24. The Hall–Kier alpha value is -5.36. The summed E-state index contributed by atoms with van der Waals surface area (Å²) in [6, 6.07) is 18.3. The minimum absolute atomic E-state index is 0.00188. The molecule has 47 heavy (non-hydrogen) atoms. The highest BCUT2D eigenvalue weighted by Gasteiger charge is 2.63. The van der Waals surface area contributed by atoms with Gasteiger partial charge in [0.15, 0.2) is 0 Å². The molecular formula is C35H33N5O7. The maximum absolute atomic E-state index is 14.1. The fourth-order valence-corrected chi connectivity index (χ4v) is 7.34. The van der Waals surface area contributed by atoms with Gasteiger partial charge in [0.25, 0.3) is 17.4 Å². The van der Waals surface area contributed by atoms with Crippen molar-refractivity contribution >= 4 is 40.3 Å². The summed E-state index contributed by atoms with van der Waals surface area (Å²) in [5, 5.41) is 25.7. The van der Waals surface area contributed by atoms with Crippen molar-refractivity contribution in [3.63, 3.8) is 0 Å². The van der Waals surface area contributed by atoms with Gasteiger partial charge >= 0.3 is 5.97 Å². The van der Waals surface area contributed by atoms with E-state index in [0.717, 1.165) is 0 Å². The van der Waals surface area contributed by atoms with E-state index in [1.165, 1.54) is 14.4 Å². The van der Waals surface area contributed by atoms with Gasteiger partial charge in [-0.25, -0.2) is 4.98 Å². The maximum atomic E-state index is 14.1. The van der Waals surface area contributed by atoms with Crippen molar-refractivity contribution in [2.75, 3.05) is 4.90 Å². The number of benzene rings is 3. The Morgan fingerprint density at radius 3 is 2.36 bits per heavy atom. The zero-order chi connectivity index (χ0) is 33.2. The van der Waals surface area contributed by atoms with Gasteiger partial charge in [-0.1, -0.05) is 56.3 Å². The highest BCUT2D eigenvalue weighted by molar-refractivity contribution is 6.06. The number of rotatable bonds is 7. The van der Waals surface area contributed by atoms with Crippen molar-refractivity contribution in [2.45, 2.75) is 63.4 Å². The Bertz CT molecular complexity index is 2040. The van der Waals surface area contributed by atoms with Gasteiger partial charge in [0, 0.05) is 18.4 Å². The molecule has 0 saturated carbocycles. The fraction of sp³-hybridized carbons (Fsp3) is 0.314. The zero-order valence-corrected chi connectivity index (χ0v) is 25.8. The second kappa shape index (κ2) is 11.2. The summed E-state index contributed by atoms with van der Waals surface area (Å²) in [4.78, 5) is 74.9. The fourth-order valence-electron chi connectivity index (χ4n) is 7.34. The molecule has 4 heterocycles. The molecule has 3 amide bonds. The summed E-state index contributed by atoms with van der Waals surface area (Å²) in [5.74, 6) is -2.42. The third kappa shape index (κ3) is 4.70. The number of hydrogen-bond acceptors (Lipinski definition) is 7. The standard InChI is InChI=1S/C35H33N5O7/c1-19(2)17-27-33(46)40-26-14-8-5-11-22(26)35(47,34(40)38(27)28(41)15-16-29(42)43)18-24-30-36-23-12-6-3-9-20(23)32(45)39(30)25-13-7-4-10-21(25)31(44)37-24/h3-14,19,24,27,34,47H,15-18H2,1-2H3,(H,37,44)(H,42,43)/t24-,27-,34-,35-/m0/s1. The minimum Gasteiger partial charge on any atom is -0.481 e. The number of carbonyl (C=O) groups excluding carboxylic acids is 3. The molecule has 3 aliphatic rings. The molecule has 1 aromatic heterocycles. The number of hydrogen-bond donors (Lipinski definition) is 3. The molecule has 0 unspecified atom stereocenters. The number of nitrogens with zero attached hydrogens (tertiary/aromatic N) is 4. The number of aliphatic carboxylic acids is 1. The number of nitrogens with one attached hydrogen (secondary N) is 1. The second-order valence-corrected chi connectivity index (χ2v) is 12.7. The van der Waals surface area contributed by atoms with Crippen LogP contribution in [0.1, 0.15) is 67.3 Å². The summed E-state index contributed by atoms with van der Waals surface area (Å²) >= 11 is 0. The summed E-state index contributed by atoms with van der Waals surface area (Å²) in [5.41, 5.74) is -0.582. The van der Waals surface area contributed by atoms with E-state index in [-0.39, 0.29) is 36.1 Å². The lowest BCUT2D eigenvalue weighted by Gasteiger charge is -2.39. The van der Waals surface area contributed by atoms with Gasteiger partial charge in [-0.3, -0.25) is 33.4 Å². The smallest absolute Gasteiger partial charge is 0.303 e. The molecular weight excluding hydrogens is 602 g/mol. The maximum Gasteiger partial charge on any atom is 0.303 e. The van der Waals surface area contributed by atoms with E-state index in [1.54, 1.807) is 72.8 Å². The third-order valence-electron chi connectivity index (χ3n) is 9.28. The molecule has 7 rings (SSSR count). The number of carboxylic acids is 1. The van der Waals surface area contributed by atoms with Crippen molar-refractivity contribution in [3.8, 4) is 5.69 Å². The average Bonchev–Trinajstić information content (AvgIpc) is 3.43. The van der Waals surface area contributed by atoms with Crippen LogP contribution in [0.15, 0.2) is 77.6 Å². The van der Waals surface area contributed by atoms with E-state index in [2.05, 4.69) is 5.32 Å². The second-order valence-electron chi connectivity index (χ2n) is 12.7. The van der Waals surface area contributed by atoms with Crippen LogP contribution in [-0.4, -0.2) is 60.6 Å². The molecule has 0 radical (unpaired) electrons. The summed E-state index contributed by atoms with van der Waals surface area (Å²) in [6.07, 6.45) is -2.01. The Labute approximate surface area is 269 Å². The Kier molecular flexibility index (Phi) is 7.20. The quantitative estimate of drug-likeness (QED) is 0.279. The first kappa shape index (κ1) is 30.3. The lowest BCUT2D eigenvalue weighted by molar-refractivity contribution is -0.146. The normalized spacial score (nSPS) is 22.9. The molecule has 0 spiro atoms. The first-order valence-corrected chi connectivity index (χ1v) is 15.6. The van der Waals surface area contributed by atoms with Gasteiger partial charge in [-0.05, 0) is 42.7 Å². The summed E-state index contributed by atoms with van der Waals surface area (Å²) in [6.45, 7) is 3.83. The zero-order valence-electron chi connectivity index (χ0n) is 25.8. The number of carboxylic acid groups (broad SMARTS) is 1. The van der Waals surface area contributed by atoms with Crippen molar-refractivity contribution < 1.29 is 29.4 Å². The van der Waals surface area contributed by atoms with Gasteiger partial charge < -0.3 is 20.4 Å². The van der Waals surface area contributed by atoms with Gasteiger partial charge in [-0.15, -0.1) is 0 Å². The van der Waals surface area contributed by atoms with Crippen molar-refractivity contribution in [3.05, 3.63) is 100 Å². The van der Waals surface area contributed by atoms with Gasteiger partial charge in [-0.2, -0.15) is 0 Å². The van der Waals surface area contributed by atoms with Crippen LogP contribution in [0.3, 0.4) is 0 Å². The van der Waals surface area contributed by atoms with Crippen LogP contribution in [0.4, 0.5) is 5.69 Å². The van der Waals surface area contributed by atoms with Gasteiger partial charge in [0.1, 0.15) is 23.6 Å². The first-order valence-electron chi connectivity index (χ1n) is 15.6. The van der Waals surface area contributed by atoms with Gasteiger partial charge in [0.2, 0.25) is 5.91 Å². The molecule has 0 bridgehead atoms. The number of fused-ring (bicyclic) bond motifs is 7. The van der Waals surface area contributed by atoms with E-state index in [0.29, 0.717) is 34.3 Å². The first-order chi connectivity index (χ1) is 22.5. The van der Waals surface area contributed by atoms with E-state index >= 15 is 0 Å². The Morgan fingerprint density at radius 2 is 1.62 bits per heavy atom. The number of aliphatic hydroxyl groups is 1.